The van der Waals surface area contributed by atoms with E-state index in [1.807, 2.05) is 54.6 Å². The Hall–Kier alpha value is -4.85. The molecule has 35 heavy (non-hydrogen) atoms. The van der Waals surface area contributed by atoms with Crippen LogP contribution in [0, 0.1) is 0 Å². The Morgan fingerprint density at radius 2 is 1.63 bits per heavy atom. The van der Waals surface area contributed by atoms with E-state index in [1.54, 1.807) is 37.4 Å². The van der Waals surface area contributed by atoms with Gasteiger partial charge in [0.1, 0.15) is 17.9 Å². The zero-order valence-electron chi connectivity index (χ0n) is 18.9. The summed E-state index contributed by atoms with van der Waals surface area (Å²) in [7, 11) is 1.61. The van der Waals surface area contributed by atoms with Crippen LogP contribution in [-0.4, -0.2) is 32.8 Å². The van der Waals surface area contributed by atoms with Gasteiger partial charge in [0.25, 0.3) is 11.5 Å². The van der Waals surface area contributed by atoms with Crippen LogP contribution in [0.5, 0.6) is 5.75 Å². The smallest absolute Gasteiger partial charge is 0.277 e. The summed E-state index contributed by atoms with van der Waals surface area (Å²) in [5.74, 6) is 0.588. The van der Waals surface area contributed by atoms with E-state index in [9.17, 15) is 9.59 Å². The average molecular weight is 463 g/mol. The number of carbonyl (C=O) groups is 1. The molecule has 5 aromatic rings. The molecule has 0 aliphatic rings. The minimum atomic E-state index is -0.470. The highest BCUT2D eigenvalue weighted by molar-refractivity contribution is 6.10. The summed E-state index contributed by atoms with van der Waals surface area (Å²) in [6, 6.07) is 25.6. The molecule has 1 amide bonds. The quantitative estimate of drug-likeness (QED) is 0.406. The molecule has 3 aromatic carbocycles. The maximum Gasteiger partial charge on any atom is 0.277 e. The van der Waals surface area contributed by atoms with Crippen LogP contribution >= 0.6 is 0 Å². The number of fused-ring (bicyclic) bond motifs is 1. The lowest BCUT2D eigenvalue weighted by Crippen LogP contribution is -2.28. The van der Waals surface area contributed by atoms with E-state index in [4.69, 9.17) is 4.74 Å². The normalized spacial score (nSPS) is 10.8. The van der Waals surface area contributed by atoms with Gasteiger partial charge in [0.2, 0.25) is 0 Å². The third kappa shape index (κ3) is 4.63. The lowest BCUT2D eigenvalue weighted by molar-refractivity contribution is 0.102. The average Bonchev–Trinajstić information content (AvgIpc) is 2.91. The van der Waals surface area contributed by atoms with Crippen molar-refractivity contribution in [2.24, 2.45) is 0 Å². The number of rotatable bonds is 6. The zero-order chi connectivity index (χ0) is 24.2. The van der Waals surface area contributed by atoms with E-state index in [2.05, 4.69) is 20.4 Å². The van der Waals surface area contributed by atoms with E-state index < -0.39 is 5.91 Å². The number of nitrogens with zero attached hydrogens (tertiary/aromatic N) is 4. The fourth-order valence-corrected chi connectivity index (χ4v) is 3.79. The molecule has 0 radical (unpaired) electrons. The second-order valence-electron chi connectivity index (χ2n) is 7.81. The van der Waals surface area contributed by atoms with Gasteiger partial charge in [-0.1, -0.05) is 48.5 Å². The van der Waals surface area contributed by atoms with Gasteiger partial charge < -0.3 is 10.1 Å². The molecule has 1 N–H and O–H groups in total. The molecule has 2 heterocycles. The third-order valence-electron chi connectivity index (χ3n) is 5.55. The van der Waals surface area contributed by atoms with Crippen molar-refractivity contribution in [3.63, 3.8) is 0 Å². The number of hydrogen-bond acceptors (Lipinski definition) is 6. The highest BCUT2D eigenvalue weighted by Crippen LogP contribution is 2.22. The molecule has 8 heteroatoms. The van der Waals surface area contributed by atoms with Crippen LogP contribution in [0.3, 0.4) is 0 Å². The Labute approximate surface area is 200 Å². The molecule has 5 rings (SSSR count). The minimum Gasteiger partial charge on any atom is -0.497 e. The summed E-state index contributed by atoms with van der Waals surface area (Å²) in [6.45, 7) is 0.250. The largest absolute Gasteiger partial charge is 0.497 e. The first-order chi connectivity index (χ1) is 17.1. The predicted molar refractivity (Wildman–Crippen MR) is 134 cm³/mol. The molecular formula is C27H21N5O3. The van der Waals surface area contributed by atoms with E-state index in [1.165, 1.54) is 11.0 Å². The molecule has 0 aliphatic carbocycles. The van der Waals surface area contributed by atoms with Crippen LogP contribution in [0.1, 0.15) is 16.1 Å². The molecule has 8 nitrogen and oxygen atoms in total. The minimum absolute atomic E-state index is 0.140. The lowest BCUT2D eigenvalue weighted by Gasteiger charge is -2.11. The van der Waals surface area contributed by atoms with Gasteiger partial charge in [0.05, 0.1) is 24.7 Å². The highest BCUT2D eigenvalue weighted by Gasteiger charge is 2.18. The number of benzene rings is 3. The Morgan fingerprint density at radius 1 is 0.914 bits per heavy atom. The van der Waals surface area contributed by atoms with E-state index in [0.29, 0.717) is 22.3 Å². The Kier molecular flexibility index (Phi) is 6.00. The van der Waals surface area contributed by atoms with Crippen LogP contribution in [0.4, 0.5) is 5.82 Å². The summed E-state index contributed by atoms with van der Waals surface area (Å²) in [6.07, 6.45) is 1.39. The number of anilines is 1. The number of ether oxygens (including phenoxy) is 1. The van der Waals surface area contributed by atoms with Gasteiger partial charge in [-0.15, -0.1) is 0 Å². The van der Waals surface area contributed by atoms with Gasteiger partial charge >= 0.3 is 0 Å². The molecule has 0 unspecified atom stereocenters. The molecule has 172 valence electrons. The zero-order valence-corrected chi connectivity index (χ0v) is 18.9. The van der Waals surface area contributed by atoms with Crippen molar-refractivity contribution in [2.75, 3.05) is 12.4 Å². The molecule has 0 aliphatic heterocycles. The predicted octanol–water partition coefficient (Wildman–Crippen LogP) is 4.16. The van der Waals surface area contributed by atoms with Crippen molar-refractivity contribution in [1.29, 1.82) is 0 Å². The number of nitrogens with one attached hydrogen (secondary N) is 1. The number of amides is 1. The van der Waals surface area contributed by atoms with E-state index in [0.717, 1.165) is 16.9 Å². The van der Waals surface area contributed by atoms with Gasteiger partial charge in [0.15, 0.2) is 5.69 Å². The fourth-order valence-electron chi connectivity index (χ4n) is 3.79. The maximum atomic E-state index is 13.3. The van der Waals surface area contributed by atoms with Crippen molar-refractivity contribution in [1.82, 2.24) is 19.7 Å². The molecule has 0 spiro atoms. The summed E-state index contributed by atoms with van der Waals surface area (Å²) in [4.78, 5) is 34.9. The van der Waals surface area contributed by atoms with Gasteiger partial charge in [-0.3, -0.25) is 9.59 Å². The summed E-state index contributed by atoms with van der Waals surface area (Å²) < 4.78 is 6.51. The molecule has 0 bridgehead atoms. The van der Waals surface area contributed by atoms with Crippen molar-refractivity contribution < 1.29 is 9.53 Å². The molecule has 0 saturated heterocycles. The van der Waals surface area contributed by atoms with E-state index >= 15 is 0 Å². The van der Waals surface area contributed by atoms with Gasteiger partial charge in [-0.05, 0) is 35.9 Å². The van der Waals surface area contributed by atoms with E-state index in [-0.39, 0.29) is 17.8 Å². The first-order valence-electron chi connectivity index (χ1n) is 10.9. The monoisotopic (exact) mass is 463 g/mol. The molecule has 0 atom stereocenters. The van der Waals surface area contributed by atoms with Gasteiger partial charge in [-0.2, -0.15) is 5.10 Å². The van der Waals surface area contributed by atoms with Crippen molar-refractivity contribution in [2.45, 2.75) is 6.54 Å². The number of aromatic nitrogens is 4. The summed E-state index contributed by atoms with van der Waals surface area (Å²) in [5, 5.41) is 8.12. The van der Waals surface area contributed by atoms with Crippen molar-refractivity contribution in [3.8, 4) is 17.0 Å². The fraction of sp³-hybridized carbons (Fsp3) is 0.0741. The highest BCUT2D eigenvalue weighted by atomic mass is 16.5. The molecular weight excluding hydrogens is 442 g/mol. The Bertz CT molecular complexity index is 1560. The second kappa shape index (κ2) is 9.56. The van der Waals surface area contributed by atoms with Crippen LogP contribution in [0.25, 0.3) is 22.0 Å². The third-order valence-corrected chi connectivity index (χ3v) is 5.55. The van der Waals surface area contributed by atoms with Crippen LogP contribution < -0.4 is 15.6 Å². The summed E-state index contributed by atoms with van der Waals surface area (Å²) in [5.41, 5.74) is 2.28. The first-order valence-corrected chi connectivity index (χ1v) is 10.9. The SMILES string of the molecule is COc1ccc(-c2cc(NC(=O)c3nn(Cc4ccccc4)c(=O)c4ccccc34)ncn2)cc1. The maximum absolute atomic E-state index is 13.3. The number of carbonyl (C=O) groups excluding carboxylic acids is 1. The van der Waals surface area contributed by atoms with Gasteiger partial charge in [-0.25, -0.2) is 14.6 Å². The lowest BCUT2D eigenvalue weighted by atomic mass is 10.1. The van der Waals surface area contributed by atoms with Crippen LogP contribution in [0.2, 0.25) is 0 Å². The van der Waals surface area contributed by atoms with Crippen molar-refractivity contribution >= 4 is 22.5 Å². The first kappa shape index (κ1) is 22.0. The number of methoxy groups -OCH3 is 1. The Balaban J connectivity index is 1.49. The summed E-state index contributed by atoms with van der Waals surface area (Å²) >= 11 is 0. The molecule has 2 aromatic heterocycles. The van der Waals surface area contributed by atoms with Crippen LogP contribution in [-0.2, 0) is 6.54 Å². The second-order valence-corrected chi connectivity index (χ2v) is 7.81. The molecule has 0 saturated carbocycles. The Morgan fingerprint density at radius 3 is 2.37 bits per heavy atom. The standard InChI is InChI=1S/C27H21N5O3/c1-35-20-13-11-19(12-14-20)23-15-24(29-17-28-23)30-26(33)25-21-9-5-6-10-22(21)27(34)32(31-25)16-18-7-3-2-4-8-18/h2-15,17H,16H2,1H3,(H,28,29,30,33). The van der Waals surface area contributed by atoms with Crippen LogP contribution in [0.15, 0.2) is 96.1 Å². The van der Waals surface area contributed by atoms with Gasteiger partial charge in [0, 0.05) is 17.0 Å². The number of hydrogen-bond donors (Lipinski definition) is 1. The van der Waals surface area contributed by atoms with Crippen molar-refractivity contribution in [3.05, 3.63) is 113 Å². The molecule has 0 fully saturated rings. The topological polar surface area (TPSA) is 99.0 Å².